The fraction of sp³-hybridized carbons (Fsp3) is 0.462. The summed E-state index contributed by atoms with van der Waals surface area (Å²) in [5, 5.41) is 0. The van der Waals surface area contributed by atoms with E-state index in [0.29, 0.717) is 6.54 Å². The van der Waals surface area contributed by atoms with Crippen molar-refractivity contribution in [2.24, 2.45) is 11.7 Å². The van der Waals surface area contributed by atoms with Gasteiger partial charge in [-0.1, -0.05) is 13.0 Å². The fourth-order valence-corrected chi connectivity index (χ4v) is 2.43. The molecule has 0 aromatic carbocycles. The Kier molecular flexibility index (Phi) is 3.60. The second-order valence-corrected chi connectivity index (χ2v) is 4.56. The maximum Gasteiger partial charge on any atom is 0.223 e. The number of aromatic nitrogens is 1. The first-order valence-corrected chi connectivity index (χ1v) is 6.12. The molecular formula is C13H17N3O2. The summed E-state index contributed by atoms with van der Waals surface area (Å²) in [6.07, 6.45) is 4.49. The molecule has 2 N–H and O–H groups in total. The van der Waals surface area contributed by atoms with E-state index >= 15 is 0 Å². The normalized spacial score (nSPS) is 21.1. The third kappa shape index (κ3) is 2.34. The lowest BCUT2D eigenvalue weighted by molar-refractivity contribution is -0.130. The molecule has 1 fully saturated rings. The van der Waals surface area contributed by atoms with Crippen molar-refractivity contribution in [2.45, 2.75) is 25.8 Å². The predicted molar refractivity (Wildman–Crippen MR) is 66.3 cm³/mol. The van der Waals surface area contributed by atoms with Gasteiger partial charge in [-0.15, -0.1) is 0 Å². The number of likely N-dealkylation sites (tertiary alicyclic amines) is 1. The summed E-state index contributed by atoms with van der Waals surface area (Å²) in [5.41, 5.74) is 6.27. The van der Waals surface area contributed by atoms with Gasteiger partial charge in [-0.05, 0) is 18.1 Å². The van der Waals surface area contributed by atoms with Crippen LogP contribution in [0.4, 0.5) is 0 Å². The highest BCUT2D eigenvalue weighted by atomic mass is 16.2. The first kappa shape index (κ1) is 12.5. The summed E-state index contributed by atoms with van der Waals surface area (Å²) in [6.45, 7) is 2.43. The summed E-state index contributed by atoms with van der Waals surface area (Å²) >= 11 is 0. The average molecular weight is 247 g/mol. The molecule has 2 atom stereocenters. The zero-order valence-corrected chi connectivity index (χ0v) is 10.4. The van der Waals surface area contributed by atoms with Gasteiger partial charge in [0.25, 0.3) is 0 Å². The van der Waals surface area contributed by atoms with E-state index in [1.807, 2.05) is 19.1 Å². The molecule has 1 aliphatic heterocycles. The Bertz CT molecular complexity index is 447. The second kappa shape index (κ2) is 5.16. The number of rotatable bonds is 4. The van der Waals surface area contributed by atoms with Crippen molar-refractivity contribution in [3.63, 3.8) is 0 Å². The van der Waals surface area contributed by atoms with E-state index in [4.69, 9.17) is 5.73 Å². The van der Waals surface area contributed by atoms with Gasteiger partial charge in [0.2, 0.25) is 11.8 Å². The van der Waals surface area contributed by atoms with Gasteiger partial charge in [0.1, 0.15) is 0 Å². The van der Waals surface area contributed by atoms with Crippen LogP contribution >= 0.6 is 0 Å². The number of primary amides is 1. The molecule has 0 spiro atoms. The van der Waals surface area contributed by atoms with Gasteiger partial charge in [0, 0.05) is 25.4 Å². The van der Waals surface area contributed by atoms with E-state index in [1.165, 1.54) is 0 Å². The van der Waals surface area contributed by atoms with Crippen LogP contribution in [0.25, 0.3) is 0 Å². The van der Waals surface area contributed by atoms with Gasteiger partial charge in [-0.3, -0.25) is 14.6 Å². The molecular weight excluding hydrogens is 230 g/mol. The Morgan fingerprint density at radius 3 is 2.94 bits per heavy atom. The van der Waals surface area contributed by atoms with Crippen LogP contribution in [0.1, 0.15) is 31.4 Å². The number of hydrogen-bond donors (Lipinski definition) is 1. The number of pyridine rings is 1. The topological polar surface area (TPSA) is 76.3 Å². The summed E-state index contributed by atoms with van der Waals surface area (Å²) in [7, 11) is 0. The SMILES string of the molecule is CCC(c1cccnc1)N1CC(C(N)=O)CC1=O. The van der Waals surface area contributed by atoms with E-state index in [2.05, 4.69) is 4.98 Å². The number of hydrogen-bond acceptors (Lipinski definition) is 3. The van der Waals surface area contributed by atoms with Crippen LogP contribution in [0.15, 0.2) is 24.5 Å². The molecule has 0 radical (unpaired) electrons. The highest BCUT2D eigenvalue weighted by Crippen LogP contribution is 2.30. The first-order valence-electron chi connectivity index (χ1n) is 6.12. The van der Waals surface area contributed by atoms with Gasteiger partial charge in [0.15, 0.2) is 0 Å². The van der Waals surface area contributed by atoms with Crippen LogP contribution in [0.5, 0.6) is 0 Å². The van der Waals surface area contributed by atoms with Crippen molar-refractivity contribution < 1.29 is 9.59 Å². The predicted octanol–water partition coefficient (Wildman–Crippen LogP) is 0.867. The van der Waals surface area contributed by atoms with Gasteiger partial charge >= 0.3 is 0 Å². The summed E-state index contributed by atoms with van der Waals surface area (Å²) in [4.78, 5) is 28.9. The Morgan fingerprint density at radius 2 is 2.44 bits per heavy atom. The van der Waals surface area contributed by atoms with Gasteiger partial charge in [0.05, 0.1) is 12.0 Å². The van der Waals surface area contributed by atoms with Gasteiger partial charge in [-0.2, -0.15) is 0 Å². The minimum Gasteiger partial charge on any atom is -0.369 e. The molecule has 5 nitrogen and oxygen atoms in total. The number of nitrogens with zero attached hydrogens (tertiary/aromatic N) is 2. The van der Waals surface area contributed by atoms with Crippen LogP contribution < -0.4 is 5.73 Å². The van der Waals surface area contributed by atoms with Crippen LogP contribution in [0.2, 0.25) is 0 Å². The molecule has 0 aliphatic carbocycles. The van der Waals surface area contributed by atoms with E-state index < -0.39 is 5.91 Å². The van der Waals surface area contributed by atoms with Gasteiger partial charge < -0.3 is 10.6 Å². The van der Waals surface area contributed by atoms with Crippen molar-refractivity contribution >= 4 is 11.8 Å². The second-order valence-electron chi connectivity index (χ2n) is 4.56. The molecule has 0 saturated carbocycles. The molecule has 2 amide bonds. The van der Waals surface area contributed by atoms with E-state index in [0.717, 1.165) is 12.0 Å². The van der Waals surface area contributed by atoms with Crippen LogP contribution in [0, 0.1) is 5.92 Å². The van der Waals surface area contributed by atoms with E-state index in [9.17, 15) is 9.59 Å². The Labute approximate surface area is 106 Å². The molecule has 2 unspecified atom stereocenters. The fourth-order valence-electron chi connectivity index (χ4n) is 2.43. The molecule has 18 heavy (non-hydrogen) atoms. The number of nitrogens with two attached hydrogens (primary N) is 1. The minimum absolute atomic E-state index is 0.00509. The van der Waals surface area contributed by atoms with E-state index in [1.54, 1.807) is 17.3 Å². The lowest BCUT2D eigenvalue weighted by Crippen LogP contribution is -2.32. The molecule has 5 heteroatoms. The number of carbonyl (C=O) groups excluding carboxylic acids is 2. The summed E-state index contributed by atoms with van der Waals surface area (Å²) in [5.74, 6) is -0.760. The molecule has 96 valence electrons. The van der Waals surface area contributed by atoms with Crippen molar-refractivity contribution in [2.75, 3.05) is 6.54 Å². The van der Waals surface area contributed by atoms with Crippen molar-refractivity contribution in [1.82, 2.24) is 9.88 Å². The molecule has 1 aliphatic rings. The molecule has 1 aromatic rings. The number of carbonyl (C=O) groups is 2. The first-order chi connectivity index (χ1) is 8.63. The molecule has 2 heterocycles. The monoisotopic (exact) mass is 247 g/mol. The molecule has 1 saturated heterocycles. The van der Waals surface area contributed by atoms with Crippen molar-refractivity contribution in [3.8, 4) is 0 Å². The van der Waals surface area contributed by atoms with Crippen molar-refractivity contribution in [1.29, 1.82) is 0 Å². The third-order valence-electron chi connectivity index (χ3n) is 3.39. The maximum atomic E-state index is 12.0. The standard InChI is InChI=1S/C13H17N3O2/c1-2-11(9-4-3-5-15-7-9)16-8-10(13(14)18)6-12(16)17/h3-5,7,10-11H,2,6,8H2,1H3,(H2,14,18). The van der Waals surface area contributed by atoms with E-state index in [-0.39, 0.29) is 24.3 Å². The van der Waals surface area contributed by atoms with Crippen molar-refractivity contribution in [3.05, 3.63) is 30.1 Å². The highest BCUT2D eigenvalue weighted by molar-refractivity contribution is 5.88. The molecule has 1 aromatic heterocycles. The van der Waals surface area contributed by atoms with Crippen LogP contribution in [0.3, 0.4) is 0 Å². The average Bonchev–Trinajstić information content (AvgIpc) is 2.74. The molecule has 2 rings (SSSR count). The summed E-state index contributed by atoms with van der Waals surface area (Å²) < 4.78 is 0. The Hall–Kier alpha value is -1.91. The molecule has 0 bridgehead atoms. The lowest BCUT2D eigenvalue weighted by atomic mass is 10.1. The minimum atomic E-state index is -0.396. The van der Waals surface area contributed by atoms with Gasteiger partial charge in [-0.25, -0.2) is 0 Å². The zero-order chi connectivity index (χ0) is 13.1. The largest absolute Gasteiger partial charge is 0.369 e. The number of amides is 2. The quantitative estimate of drug-likeness (QED) is 0.857. The maximum absolute atomic E-state index is 12.0. The Balaban J connectivity index is 2.19. The third-order valence-corrected chi connectivity index (χ3v) is 3.39. The highest BCUT2D eigenvalue weighted by Gasteiger charge is 2.36. The van der Waals surface area contributed by atoms with Crippen LogP contribution in [-0.2, 0) is 9.59 Å². The zero-order valence-electron chi connectivity index (χ0n) is 10.4. The lowest BCUT2D eigenvalue weighted by Gasteiger charge is -2.27. The van der Waals surface area contributed by atoms with Crippen LogP contribution in [-0.4, -0.2) is 28.2 Å². The smallest absolute Gasteiger partial charge is 0.223 e. The Morgan fingerprint density at radius 1 is 1.67 bits per heavy atom. The summed E-state index contributed by atoms with van der Waals surface area (Å²) in [6, 6.07) is 3.78.